The third-order valence-electron chi connectivity index (χ3n) is 4.42. The van der Waals surface area contributed by atoms with Crippen LogP contribution >= 0.6 is 0 Å². The zero-order valence-corrected chi connectivity index (χ0v) is 16.8. The van der Waals surface area contributed by atoms with E-state index in [1.54, 1.807) is 23.4 Å². The molecule has 0 aliphatic rings. The Kier molecular flexibility index (Phi) is 4.03. The van der Waals surface area contributed by atoms with E-state index in [2.05, 4.69) is 39.6 Å². The molecule has 0 bridgehead atoms. The van der Waals surface area contributed by atoms with Crippen molar-refractivity contribution in [1.82, 2.24) is 25.0 Å². The first-order chi connectivity index (χ1) is 12.7. The van der Waals surface area contributed by atoms with Crippen molar-refractivity contribution in [3.8, 4) is 11.1 Å². The number of benzene rings is 1. The lowest BCUT2D eigenvalue weighted by molar-refractivity contribution is 0.684. The van der Waals surface area contributed by atoms with Gasteiger partial charge in [0, 0.05) is 57.4 Å². The Morgan fingerprint density at radius 2 is 1.96 bits per heavy atom. The van der Waals surface area contributed by atoms with Crippen LogP contribution in [0.3, 0.4) is 0 Å². The van der Waals surface area contributed by atoms with Crippen molar-refractivity contribution in [2.75, 3.05) is 12.5 Å². The zero-order valence-electron chi connectivity index (χ0n) is 16.0. The van der Waals surface area contributed by atoms with Crippen LogP contribution in [-0.4, -0.2) is 41.7 Å². The van der Waals surface area contributed by atoms with Gasteiger partial charge in [-0.3, -0.25) is 9.78 Å². The summed E-state index contributed by atoms with van der Waals surface area (Å²) in [6.45, 7) is 4.20. The number of H-pyrrole nitrogens is 1. The van der Waals surface area contributed by atoms with Gasteiger partial charge in [-0.25, -0.2) is 9.19 Å². The molecule has 4 rings (SSSR count). The fourth-order valence-corrected chi connectivity index (χ4v) is 3.86. The van der Waals surface area contributed by atoms with Crippen LogP contribution in [0.1, 0.15) is 25.5 Å². The first-order valence-electron chi connectivity index (χ1n) is 8.70. The van der Waals surface area contributed by atoms with Crippen molar-refractivity contribution < 1.29 is 4.21 Å². The van der Waals surface area contributed by atoms with Gasteiger partial charge < -0.3 is 0 Å². The van der Waals surface area contributed by atoms with Gasteiger partial charge in [-0.2, -0.15) is 14.6 Å². The summed E-state index contributed by atoms with van der Waals surface area (Å²) in [7, 11) is -0.456. The number of aromatic nitrogens is 5. The molecule has 140 valence electrons. The van der Waals surface area contributed by atoms with Crippen molar-refractivity contribution in [1.29, 1.82) is 0 Å². The Balaban J connectivity index is 2.22. The fourth-order valence-electron chi connectivity index (χ4n) is 3.30. The highest BCUT2D eigenvalue weighted by Crippen LogP contribution is 2.40. The predicted molar refractivity (Wildman–Crippen MR) is 110 cm³/mol. The maximum absolute atomic E-state index is 12.4. The van der Waals surface area contributed by atoms with Crippen LogP contribution in [0.2, 0.25) is 0 Å². The summed E-state index contributed by atoms with van der Waals surface area (Å²) in [6.07, 6.45) is 8.89. The molecule has 0 aliphatic carbocycles. The van der Waals surface area contributed by atoms with Crippen molar-refractivity contribution in [3.05, 3.63) is 36.4 Å². The number of pyridine rings is 1. The predicted octanol–water partition coefficient (Wildman–Crippen LogP) is 3.99. The van der Waals surface area contributed by atoms with Gasteiger partial charge in [0.15, 0.2) is 5.82 Å². The van der Waals surface area contributed by atoms with Gasteiger partial charge in [0.05, 0.1) is 23.6 Å². The van der Waals surface area contributed by atoms with E-state index < -0.39 is 9.73 Å². The molecule has 0 aliphatic heterocycles. The molecule has 0 atom stereocenters. The first kappa shape index (κ1) is 17.7. The van der Waals surface area contributed by atoms with E-state index in [1.807, 2.05) is 25.5 Å². The van der Waals surface area contributed by atoms with E-state index in [-0.39, 0.29) is 5.92 Å². The van der Waals surface area contributed by atoms with Crippen molar-refractivity contribution >= 4 is 37.2 Å². The summed E-state index contributed by atoms with van der Waals surface area (Å²) in [5, 5.41) is 14.3. The number of aryl methyl sites for hydroxylation is 1. The number of rotatable bonds is 3. The molecule has 1 N–H and O–H groups in total. The average Bonchev–Trinajstić information content (AvgIpc) is 3.19. The highest BCUT2D eigenvalue weighted by molar-refractivity contribution is 7.92. The quantitative estimate of drug-likeness (QED) is 0.580. The van der Waals surface area contributed by atoms with Crippen LogP contribution in [0.25, 0.3) is 32.8 Å². The van der Waals surface area contributed by atoms with Gasteiger partial charge in [-0.1, -0.05) is 13.8 Å². The largest absolute Gasteiger partial charge is 0.278 e. The fraction of sp³-hybridized carbons (Fsp3) is 0.316. The maximum atomic E-state index is 12.4. The Hall–Kier alpha value is -2.74. The Morgan fingerprint density at radius 3 is 2.59 bits per heavy atom. The number of hydrogen-bond donors (Lipinski definition) is 1. The second-order valence-corrected chi connectivity index (χ2v) is 9.93. The molecule has 0 fully saturated rings. The summed E-state index contributed by atoms with van der Waals surface area (Å²) < 4.78 is 18.7. The van der Waals surface area contributed by atoms with E-state index in [9.17, 15) is 4.21 Å². The van der Waals surface area contributed by atoms with E-state index in [4.69, 9.17) is 4.98 Å². The van der Waals surface area contributed by atoms with Gasteiger partial charge in [-0.05, 0) is 23.4 Å². The molecule has 0 radical (unpaired) electrons. The minimum Gasteiger partial charge on any atom is -0.278 e. The van der Waals surface area contributed by atoms with Crippen molar-refractivity contribution in [3.63, 3.8) is 0 Å². The summed E-state index contributed by atoms with van der Waals surface area (Å²) in [5.74, 6) is 0.677. The van der Waals surface area contributed by atoms with Crippen LogP contribution in [-0.2, 0) is 16.8 Å². The van der Waals surface area contributed by atoms with Gasteiger partial charge in [0.1, 0.15) is 0 Å². The topological polar surface area (TPSA) is 88.8 Å². The average molecular weight is 382 g/mol. The minimum absolute atomic E-state index is 0.170. The van der Waals surface area contributed by atoms with Crippen molar-refractivity contribution in [2.45, 2.75) is 19.8 Å². The molecule has 7 nitrogen and oxygen atoms in total. The number of nitrogens with one attached hydrogen (secondary N) is 1. The highest BCUT2D eigenvalue weighted by atomic mass is 32.2. The van der Waals surface area contributed by atoms with Gasteiger partial charge in [-0.15, -0.1) is 0 Å². The lowest BCUT2D eigenvalue weighted by atomic mass is 9.93. The third kappa shape index (κ3) is 3.21. The lowest BCUT2D eigenvalue weighted by Gasteiger charge is -2.16. The van der Waals surface area contributed by atoms with E-state index >= 15 is 0 Å². The van der Waals surface area contributed by atoms with Gasteiger partial charge in [0.2, 0.25) is 0 Å². The smallest absolute Gasteiger partial charge is 0.169 e. The monoisotopic (exact) mass is 382 g/mol. The standard InChI is InChI=1S/C19H22N6OS/c1-11(2)18-17(13-9-21-25(3)10-13)14-6-12-8-20-23-16(12)7-15(14)19(22-18)24-27(4,5)26/h6-11H,1-5H3,(H,20,23). The van der Waals surface area contributed by atoms with Gasteiger partial charge in [0.25, 0.3) is 0 Å². The molecule has 0 saturated heterocycles. The van der Waals surface area contributed by atoms with Gasteiger partial charge >= 0.3 is 0 Å². The van der Waals surface area contributed by atoms with Crippen LogP contribution < -0.4 is 0 Å². The zero-order chi connectivity index (χ0) is 19.3. The highest BCUT2D eigenvalue weighted by Gasteiger charge is 2.20. The summed E-state index contributed by atoms with van der Waals surface area (Å²) >= 11 is 0. The molecule has 3 aromatic heterocycles. The third-order valence-corrected chi connectivity index (χ3v) is 5.03. The van der Waals surface area contributed by atoms with E-state index in [0.717, 1.165) is 38.5 Å². The Labute approximate surface area is 158 Å². The Bertz CT molecular complexity index is 1280. The van der Waals surface area contributed by atoms with Crippen molar-refractivity contribution in [2.24, 2.45) is 11.4 Å². The summed E-state index contributed by atoms with van der Waals surface area (Å²) in [5.41, 5.74) is 3.85. The lowest BCUT2D eigenvalue weighted by Crippen LogP contribution is -2.00. The van der Waals surface area contributed by atoms with Crippen LogP contribution in [0.4, 0.5) is 5.82 Å². The van der Waals surface area contributed by atoms with E-state index in [1.165, 1.54) is 0 Å². The summed E-state index contributed by atoms with van der Waals surface area (Å²) in [6, 6.07) is 4.08. The number of nitrogens with zero attached hydrogens (tertiary/aromatic N) is 5. The summed E-state index contributed by atoms with van der Waals surface area (Å²) in [4.78, 5) is 4.85. The molecule has 8 heteroatoms. The van der Waals surface area contributed by atoms with Crippen LogP contribution in [0, 0.1) is 0 Å². The molecular weight excluding hydrogens is 360 g/mol. The second-order valence-electron chi connectivity index (χ2n) is 7.38. The molecule has 3 heterocycles. The molecule has 0 saturated carbocycles. The number of hydrogen-bond acceptors (Lipinski definition) is 5. The van der Waals surface area contributed by atoms with Crippen LogP contribution in [0.5, 0.6) is 0 Å². The maximum Gasteiger partial charge on any atom is 0.169 e. The molecule has 1 aromatic carbocycles. The normalized spacial score (nSPS) is 12.4. The first-order valence-corrected chi connectivity index (χ1v) is 11.0. The SMILES string of the molecule is CC(C)c1nc(N=S(C)(C)=O)c2cc3[nH]ncc3cc2c1-c1cnn(C)c1. The number of fused-ring (bicyclic) bond motifs is 2. The minimum atomic E-state index is -2.35. The molecular formula is C19H22N6OS. The number of aromatic amines is 1. The molecule has 4 aromatic rings. The molecule has 0 spiro atoms. The molecule has 27 heavy (non-hydrogen) atoms. The van der Waals surface area contributed by atoms with Crippen LogP contribution in [0.15, 0.2) is 35.1 Å². The molecule has 0 unspecified atom stereocenters. The van der Waals surface area contributed by atoms with E-state index in [0.29, 0.717) is 5.82 Å². The Morgan fingerprint density at radius 1 is 1.19 bits per heavy atom. The second kappa shape index (κ2) is 6.16. The molecule has 0 amide bonds.